The van der Waals surface area contributed by atoms with Gasteiger partial charge in [0.2, 0.25) is 0 Å². The topological polar surface area (TPSA) is 49.3 Å². The minimum absolute atomic E-state index is 0.0516. The van der Waals surface area contributed by atoms with E-state index in [2.05, 4.69) is 12.2 Å². The molecule has 3 heteroatoms. The van der Waals surface area contributed by atoms with Gasteiger partial charge in [-0.25, -0.2) is 0 Å². The van der Waals surface area contributed by atoms with Gasteiger partial charge in [0.25, 0.3) is 0 Å². The number of carbonyl (C=O) groups is 1. The number of rotatable bonds is 3. The van der Waals surface area contributed by atoms with E-state index < -0.39 is 12.0 Å². The van der Waals surface area contributed by atoms with Crippen molar-refractivity contribution in [2.45, 2.75) is 57.5 Å². The molecule has 1 aliphatic rings. The van der Waals surface area contributed by atoms with Gasteiger partial charge in [-0.15, -0.1) is 0 Å². The van der Waals surface area contributed by atoms with Crippen molar-refractivity contribution in [1.82, 2.24) is 5.32 Å². The lowest BCUT2D eigenvalue weighted by Crippen LogP contribution is -2.50. The zero-order valence-corrected chi connectivity index (χ0v) is 8.47. The number of hydrogen-bond acceptors (Lipinski definition) is 2. The van der Waals surface area contributed by atoms with Crippen LogP contribution >= 0.6 is 0 Å². The largest absolute Gasteiger partial charge is 0.480 e. The molecule has 3 nitrogen and oxygen atoms in total. The lowest BCUT2D eigenvalue weighted by Gasteiger charge is -2.36. The van der Waals surface area contributed by atoms with Crippen molar-refractivity contribution in [3.05, 3.63) is 0 Å². The second-order valence-corrected chi connectivity index (χ2v) is 4.33. The third-order valence-electron chi connectivity index (χ3n) is 2.89. The number of carboxylic acid groups (broad SMARTS) is 1. The Bertz CT molecular complexity index is 185. The second kappa shape index (κ2) is 4.09. The quantitative estimate of drug-likeness (QED) is 0.704. The SMILES string of the molecule is C[C@@H](NC1(C)CCCCC1)C(=O)O. The molecule has 1 atom stereocenters. The van der Waals surface area contributed by atoms with Crippen LogP contribution in [0.1, 0.15) is 46.0 Å². The predicted octanol–water partition coefficient (Wildman–Crippen LogP) is 1.77. The van der Waals surface area contributed by atoms with Crippen LogP contribution in [0.4, 0.5) is 0 Å². The molecule has 0 heterocycles. The van der Waals surface area contributed by atoms with E-state index in [-0.39, 0.29) is 5.54 Å². The van der Waals surface area contributed by atoms with E-state index >= 15 is 0 Å². The molecule has 1 saturated carbocycles. The summed E-state index contributed by atoms with van der Waals surface area (Å²) < 4.78 is 0. The first-order valence-electron chi connectivity index (χ1n) is 5.04. The van der Waals surface area contributed by atoms with Crippen LogP contribution in [-0.4, -0.2) is 22.7 Å². The second-order valence-electron chi connectivity index (χ2n) is 4.33. The fraction of sp³-hybridized carbons (Fsp3) is 0.900. The van der Waals surface area contributed by atoms with Crippen LogP contribution < -0.4 is 5.32 Å². The first-order chi connectivity index (χ1) is 6.03. The van der Waals surface area contributed by atoms with Gasteiger partial charge in [-0.05, 0) is 26.7 Å². The molecule has 1 fully saturated rings. The average Bonchev–Trinajstić information content (AvgIpc) is 2.04. The number of hydrogen-bond donors (Lipinski definition) is 2. The summed E-state index contributed by atoms with van der Waals surface area (Å²) in [7, 11) is 0. The van der Waals surface area contributed by atoms with E-state index in [9.17, 15) is 4.79 Å². The standard InChI is InChI=1S/C10H19NO2/c1-8(9(12)13)11-10(2)6-4-3-5-7-10/h8,11H,3-7H2,1-2H3,(H,12,13)/t8-/m1/s1. The first kappa shape index (κ1) is 10.5. The third-order valence-corrected chi connectivity index (χ3v) is 2.89. The molecule has 0 aromatic carbocycles. The van der Waals surface area contributed by atoms with Gasteiger partial charge in [0.1, 0.15) is 6.04 Å². The van der Waals surface area contributed by atoms with Gasteiger partial charge in [0, 0.05) is 5.54 Å². The van der Waals surface area contributed by atoms with Gasteiger partial charge < -0.3 is 5.11 Å². The van der Waals surface area contributed by atoms with E-state index in [4.69, 9.17) is 5.11 Å². The molecule has 2 N–H and O–H groups in total. The summed E-state index contributed by atoms with van der Waals surface area (Å²) in [5.74, 6) is -0.758. The zero-order valence-electron chi connectivity index (χ0n) is 8.47. The van der Waals surface area contributed by atoms with Crippen LogP contribution in [0.25, 0.3) is 0 Å². The molecule has 0 aromatic heterocycles. The van der Waals surface area contributed by atoms with E-state index in [1.54, 1.807) is 6.92 Å². The Kier molecular flexibility index (Phi) is 3.31. The molecule has 13 heavy (non-hydrogen) atoms. The highest BCUT2D eigenvalue weighted by atomic mass is 16.4. The molecule has 0 radical (unpaired) electrons. The molecule has 76 valence electrons. The van der Waals surface area contributed by atoms with E-state index in [0.717, 1.165) is 12.8 Å². The Morgan fingerprint density at radius 1 is 1.38 bits per heavy atom. The Hall–Kier alpha value is -0.570. The van der Waals surface area contributed by atoms with Gasteiger partial charge in [-0.2, -0.15) is 0 Å². The zero-order chi connectivity index (χ0) is 9.90. The van der Waals surface area contributed by atoms with Crippen molar-refractivity contribution in [2.24, 2.45) is 0 Å². The van der Waals surface area contributed by atoms with Crippen LogP contribution in [0, 0.1) is 0 Å². The van der Waals surface area contributed by atoms with E-state index in [1.807, 2.05) is 0 Å². The molecular formula is C10H19NO2. The van der Waals surface area contributed by atoms with Crippen LogP contribution in [0.3, 0.4) is 0 Å². The summed E-state index contributed by atoms with van der Waals surface area (Å²) in [5.41, 5.74) is 0.0516. The van der Waals surface area contributed by atoms with Gasteiger partial charge in [0.15, 0.2) is 0 Å². The van der Waals surface area contributed by atoms with Crippen LogP contribution in [0.15, 0.2) is 0 Å². The van der Waals surface area contributed by atoms with Crippen molar-refractivity contribution < 1.29 is 9.90 Å². The Morgan fingerprint density at radius 2 is 1.92 bits per heavy atom. The minimum atomic E-state index is -0.758. The summed E-state index contributed by atoms with van der Waals surface area (Å²) in [6.07, 6.45) is 5.93. The summed E-state index contributed by atoms with van der Waals surface area (Å²) in [6.45, 7) is 3.84. The van der Waals surface area contributed by atoms with Gasteiger partial charge in [-0.1, -0.05) is 19.3 Å². The van der Waals surface area contributed by atoms with Gasteiger partial charge >= 0.3 is 5.97 Å². The van der Waals surface area contributed by atoms with Crippen molar-refractivity contribution in [1.29, 1.82) is 0 Å². The molecule has 0 spiro atoms. The fourth-order valence-electron chi connectivity index (χ4n) is 2.06. The molecule has 0 aliphatic heterocycles. The van der Waals surface area contributed by atoms with Gasteiger partial charge in [0.05, 0.1) is 0 Å². The van der Waals surface area contributed by atoms with E-state index in [0.29, 0.717) is 0 Å². The number of nitrogens with one attached hydrogen (secondary N) is 1. The highest BCUT2D eigenvalue weighted by Crippen LogP contribution is 2.27. The smallest absolute Gasteiger partial charge is 0.320 e. The number of carboxylic acids is 1. The molecule has 0 saturated heterocycles. The third kappa shape index (κ3) is 2.99. The van der Waals surface area contributed by atoms with Crippen LogP contribution in [0.5, 0.6) is 0 Å². The highest BCUT2D eigenvalue weighted by molar-refractivity contribution is 5.72. The molecule has 0 aromatic rings. The molecular weight excluding hydrogens is 166 g/mol. The maximum absolute atomic E-state index is 10.7. The summed E-state index contributed by atoms with van der Waals surface area (Å²) in [4.78, 5) is 10.7. The van der Waals surface area contributed by atoms with Crippen molar-refractivity contribution in [3.8, 4) is 0 Å². The predicted molar refractivity (Wildman–Crippen MR) is 51.7 cm³/mol. The monoisotopic (exact) mass is 185 g/mol. The average molecular weight is 185 g/mol. The summed E-state index contributed by atoms with van der Waals surface area (Å²) in [6, 6.07) is -0.428. The summed E-state index contributed by atoms with van der Waals surface area (Å²) in [5, 5.41) is 12.0. The maximum Gasteiger partial charge on any atom is 0.320 e. The Morgan fingerprint density at radius 3 is 2.38 bits per heavy atom. The summed E-state index contributed by atoms with van der Waals surface area (Å²) >= 11 is 0. The lowest BCUT2D eigenvalue weighted by molar-refractivity contribution is -0.139. The number of aliphatic carboxylic acids is 1. The van der Waals surface area contributed by atoms with Crippen molar-refractivity contribution >= 4 is 5.97 Å². The molecule has 1 rings (SSSR count). The maximum atomic E-state index is 10.7. The van der Waals surface area contributed by atoms with Crippen molar-refractivity contribution in [3.63, 3.8) is 0 Å². The first-order valence-corrected chi connectivity index (χ1v) is 5.04. The highest BCUT2D eigenvalue weighted by Gasteiger charge is 2.29. The van der Waals surface area contributed by atoms with Crippen molar-refractivity contribution in [2.75, 3.05) is 0 Å². The molecule has 0 bridgehead atoms. The fourth-order valence-corrected chi connectivity index (χ4v) is 2.06. The lowest BCUT2D eigenvalue weighted by atomic mass is 9.83. The van der Waals surface area contributed by atoms with Gasteiger partial charge in [-0.3, -0.25) is 10.1 Å². The Labute approximate surface area is 79.5 Å². The molecule has 0 amide bonds. The van der Waals surface area contributed by atoms with E-state index in [1.165, 1.54) is 19.3 Å². The van der Waals surface area contributed by atoms with Crippen LogP contribution in [0.2, 0.25) is 0 Å². The minimum Gasteiger partial charge on any atom is -0.480 e. The molecule has 0 unspecified atom stereocenters. The molecule has 1 aliphatic carbocycles. The Balaban J connectivity index is 2.45. The normalized spacial score (nSPS) is 23.8. The van der Waals surface area contributed by atoms with Crippen LogP contribution in [-0.2, 0) is 4.79 Å².